The smallest absolute Gasteiger partial charge is 0.270 e. The second-order valence-electron chi connectivity index (χ2n) is 7.76. The minimum Gasteiger partial charge on any atom is -0.343 e. The van der Waals surface area contributed by atoms with E-state index < -0.39 is 0 Å². The van der Waals surface area contributed by atoms with Gasteiger partial charge in [0.2, 0.25) is 0 Å². The van der Waals surface area contributed by atoms with Crippen LogP contribution in [-0.4, -0.2) is 22.0 Å². The lowest BCUT2D eigenvalue weighted by Crippen LogP contribution is -2.36. The molecule has 0 aliphatic carbocycles. The van der Waals surface area contributed by atoms with Gasteiger partial charge in [-0.25, -0.2) is 4.98 Å². The Balaban J connectivity index is 1.64. The number of hydrogen-bond donors (Lipinski definition) is 0. The number of rotatable bonds is 6. The van der Waals surface area contributed by atoms with E-state index in [1.807, 2.05) is 36.1 Å². The molecule has 3 heterocycles. The second kappa shape index (κ2) is 9.72. The first kappa shape index (κ1) is 22.3. The largest absolute Gasteiger partial charge is 0.343 e. The lowest BCUT2D eigenvalue weighted by molar-refractivity contribution is 0.0984. The average molecular weight is 464 g/mol. The summed E-state index contributed by atoms with van der Waals surface area (Å²) in [7, 11) is 0. The number of thiazole rings is 1. The minimum absolute atomic E-state index is 0.0197. The van der Waals surface area contributed by atoms with Gasteiger partial charge in [0, 0.05) is 53.4 Å². The van der Waals surface area contributed by atoms with Crippen molar-refractivity contribution in [2.45, 2.75) is 33.7 Å². The molecule has 164 valence electrons. The molecule has 1 aliphatic heterocycles. The van der Waals surface area contributed by atoms with Gasteiger partial charge in [0.1, 0.15) is 9.88 Å². The van der Waals surface area contributed by atoms with Gasteiger partial charge in [-0.3, -0.25) is 4.79 Å². The van der Waals surface area contributed by atoms with Crippen LogP contribution in [0.2, 0.25) is 0 Å². The molecule has 6 heteroatoms. The summed E-state index contributed by atoms with van der Waals surface area (Å²) in [5.41, 5.74) is 6.71. The molecule has 1 amide bonds. The summed E-state index contributed by atoms with van der Waals surface area (Å²) in [6, 6.07) is 8.38. The van der Waals surface area contributed by atoms with E-state index in [1.165, 1.54) is 28.0 Å². The molecule has 0 N–H and O–H groups in total. The van der Waals surface area contributed by atoms with Crippen LogP contribution in [0.25, 0.3) is 16.5 Å². The van der Waals surface area contributed by atoms with Crippen LogP contribution in [0, 0.1) is 0 Å². The first-order valence-corrected chi connectivity index (χ1v) is 11.9. The number of hydrogen-bond acceptors (Lipinski definition) is 3. The first-order chi connectivity index (χ1) is 15.5. The molecule has 2 aromatic heterocycles. The fraction of sp³-hybridized carbons (Fsp3) is 0.231. The SMILES string of the molecule is C\C=C/C(=C\C=C\Cl)c1nc2c(s1)C(=O)N(c1ccc3c(ccn3C/C(C)=C/C)c1)CC2. The van der Waals surface area contributed by atoms with E-state index in [-0.39, 0.29) is 5.91 Å². The molecule has 0 saturated heterocycles. The van der Waals surface area contributed by atoms with E-state index in [4.69, 9.17) is 16.6 Å². The van der Waals surface area contributed by atoms with Crippen molar-refractivity contribution in [1.29, 1.82) is 0 Å². The summed E-state index contributed by atoms with van der Waals surface area (Å²) >= 11 is 7.14. The molecule has 1 aliphatic rings. The predicted octanol–water partition coefficient (Wildman–Crippen LogP) is 6.98. The topological polar surface area (TPSA) is 38.1 Å². The molecular formula is C26H26ClN3OS. The zero-order chi connectivity index (χ0) is 22.7. The minimum atomic E-state index is 0.0197. The zero-order valence-electron chi connectivity index (χ0n) is 18.5. The number of carbonyl (C=O) groups is 1. The van der Waals surface area contributed by atoms with E-state index in [1.54, 1.807) is 6.08 Å². The van der Waals surface area contributed by atoms with Gasteiger partial charge in [0.15, 0.2) is 0 Å². The summed E-state index contributed by atoms with van der Waals surface area (Å²) in [5.74, 6) is 0.0197. The summed E-state index contributed by atoms with van der Waals surface area (Å²) in [6.07, 6.45) is 12.6. The van der Waals surface area contributed by atoms with Crippen molar-refractivity contribution in [3.63, 3.8) is 0 Å². The lowest BCUT2D eigenvalue weighted by atomic mass is 10.1. The Labute approximate surface area is 197 Å². The van der Waals surface area contributed by atoms with Crippen molar-refractivity contribution >= 4 is 51.0 Å². The van der Waals surface area contributed by atoms with Crippen molar-refractivity contribution in [2.75, 3.05) is 11.4 Å². The Hall–Kier alpha value is -2.89. The molecule has 4 nitrogen and oxygen atoms in total. The van der Waals surface area contributed by atoms with Crippen molar-refractivity contribution in [3.05, 3.63) is 87.5 Å². The number of carbonyl (C=O) groups excluding carboxylic acids is 1. The number of nitrogens with zero attached hydrogens (tertiary/aromatic N) is 3. The third kappa shape index (κ3) is 4.36. The number of halogens is 1. The van der Waals surface area contributed by atoms with E-state index in [9.17, 15) is 4.79 Å². The van der Waals surface area contributed by atoms with Crippen molar-refractivity contribution in [2.24, 2.45) is 0 Å². The van der Waals surface area contributed by atoms with Crippen molar-refractivity contribution in [1.82, 2.24) is 9.55 Å². The van der Waals surface area contributed by atoms with Crippen LogP contribution in [0.1, 0.15) is 41.1 Å². The van der Waals surface area contributed by atoms with Gasteiger partial charge in [-0.1, -0.05) is 47.6 Å². The number of benzene rings is 1. The Morgan fingerprint density at radius 1 is 1.28 bits per heavy atom. The van der Waals surface area contributed by atoms with Gasteiger partial charge < -0.3 is 9.47 Å². The molecule has 0 atom stereocenters. The Kier molecular flexibility index (Phi) is 6.77. The highest BCUT2D eigenvalue weighted by Crippen LogP contribution is 2.33. The maximum atomic E-state index is 13.4. The highest BCUT2D eigenvalue weighted by Gasteiger charge is 2.29. The fourth-order valence-electron chi connectivity index (χ4n) is 3.87. The Morgan fingerprint density at radius 2 is 2.12 bits per heavy atom. The van der Waals surface area contributed by atoms with Gasteiger partial charge in [-0.15, -0.1) is 11.3 Å². The van der Waals surface area contributed by atoms with Crippen LogP contribution in [0.3, 0.4) is 0 Å². The lowest BCUT2D eigenvalue weighted by Gasteiger charge is -2.26. The Morgan fingerprint density at radius 3 is 2.88 bits per heavy atom. The van der Waals surface area contributed by atoms with Gasteiger partial charge in [0.25, 0.3) is 5.91 Å². The van der Waals surface area contributed by atoms with E-state index >= 15 is 0 Å². The third-order valence-electron chi connectivity index (χ3n) is 5.63. The normalized spacial score (nSPS) is 15.5. The van der Waals surface area contributed by atoms with Crippen LogP contribution < -0.4 is 4.90 Å². The van der Waals surface area contributed by atoms with Crippen LogP contribution in [0.4, 0.5) is 5.69 Å². The van der Waals surface area contributed by atoms with Crippen LogP contribution in [0.5, 0.6) is 0 Å². The molecular weight excluding hydrogens is 438 g/mol. The number of amides is 1. The van der Waals surface area contributed by atoms with E-state index in [2.05, 4.69) is 48.9 Å². The van der Waals surface area contributed by atoms with Gasteiger partial charge in [0.05, 0.1) is 5.69 Å². The van der Waals surface area contributed by atoms with Gasteiger partial charge >= 0.3 is 0 Å². The highest BCUT2D eigenvalue weighted by atomic mass is 35.5. The second-order valence-corrected chi connectivity index (χ2v) is 9.01. The Bertz CT molecular complexity index is 1280. The summed E-state index contributed by atoms with van der Waals surface area (Å²) in [6.45, 7) is 7.66. The summed E-state index contributed by atoms with van der Waals surface area (Å²) in [4.78, 5) is 20.7. The standard InChI is InChI=1S/C26H26ClN3OS/c1-4-7-19(8-6-13-27)25-28-22-12-15-30(26(31)24(22)32-25)21-9-10-23-20(16-21)11-14-29(23)17-18(3)5-2/h4-11,13-14,16H,12,15,17H2,1-3H3/b7-4-,13-6+,18-5+,19-8+. The molecule has 1 aromatic carbocycles. The van der Waals surface area contributed by atoms with Crippen LogP contribution >= 0.6 is 22.9 Å². The zero-order valence-corrected chi connectivity index (χ0v) is 20.1. The van der Waals surface area contributed by atoms with Gasteiger partial charge in [-0.2, -0.15) is 0 Å². The quantitative estimate of drug-likeness (QED) is 0.292. The van der Waals surface area contributed by atoms with Crippen LogP contribution in [0.15, 0.2) is 72.0 Å². The molecule has 0 unspecified atom stereocenters. The van der Waals surface area contributed by atoms with E-state index in [0.717, 1.165) is 45.2 Å². The molecule has 0 bridgehead atoms. The predicted molar refractivity (Wildman–Crippen MR) is 137 cm³/mol. The fourth-order valence-corrected chi connectivity index (χ4v) is 5.01. The summed E-state index contributed by atoms with van der Waals surface area (Å²) < 4.78 is 2.24. The highest BCUT2D eigenvalue weighted by molar-refractivity contribution is 7.15. The van der Waals surface area contributed by atoms with Gasteiger partial charge in [-0.05, 0) is 45.0 Å². The number of anilines is 1. The maximum Gasteiger partial charge on any atom is 0.270 e. The molecule has 0 saturated carbocycles. The monoisotopic (exact) mass is 463 g/mol. The molecule has 0 radical (unpaired) electrons. The van der Waals surface area contributed by atoms with Crippen LogP contribution in [-0.2, 0) is 13.0 Å². The third-order valence-corrected chi connectivity index (χ3v) is 6.91. The molecule has 3 aromatic rings. The van der Waals surface area contributed by atoms with Crippen molar-refractivity contribution in [3.8, 4) is 0 Å². The molecule has 32 heavy (non-hydrogen) atoms. The molecule has 0 fully saturated rings. The molecule has 4 rings (SSSR count). The number of fused-ring (bicyclic) bond motifs is 2. The maximum absolute atomic E-state index is 13.4. The van der Waals surface area contributed by atoms with E-state index in [0.29, 0.717) is 6.54 Å². The summed E-state index contributed by atoms with van der Waals surface area (Å²) in [5, 5.41) is 1.98. The molecule has 0 spiro atoms. The number of aromatic nitrogens is 2. The first-order valence-electron chi connectivity index (χ1n) is 10.7. The van der Waals surface area contributed by atoms with Crippen molar-refractivity contribution < 1.29 is 4.79 Å². The number of allylic oxidation sites excluding steroid dienone is 7. The average Bonchev–Trinajstić information content (AvgIpc) is 3.41.